The minimum absolute atomic E-state index is 0. The number of piperidine rings is 1. The molecule has 2 heterocycles. The third kappa shape index (κ3) is 4.00. The molecule has 2 aliphatic rings. The predicted octanol–water partition coefficient (Wildman–Crippen LogP) is 3.86. The molecule has 1 saturated heterocycles. The van der Waals surface area contributed by atoms with Gasteiger partial charge in [0.05, 0.1) is 4.92 Å². The monoisotopic (exact) mass is 407 g/mol. The lowest BCUT2D eigenvalue weighted by molar-refractivity contribution is -0.384. The summed E-state index contributed by atoms with van der Waals surface area (Å²) >= 11 is 1.62. The van der Waals surface area contributed by atoms with Crippen LogP contribution in [0.4, 0.5) is 5.69 Å². The number of hydrogen-bond acceptors (Lipinski definition) is 5. The van der Waals surface area contributed by atoms with E-state index in [4.69, 9.17) is 0 Å². The molecule has 144 valence electrons. The molecule has 27 heavy (non-hydrogen) atoms. The van der Waals surface area contributed by atoms with Gasteiger partial charge in [0.2, 0.25) is 0 Å². The fourth-order valence-electron chi connectivity index (χ4n) is 4.05. The maximum absolute atomic E-state index is 13.2. The Balaban J connectivity index is 0.00000210. The van der Waals surface area contributed by atoms with Crippen LogP contribution >= 0.6 is 23.7 Å². The second kappa shape index (κ2) is 7.96. The molecule has 1 aromatic carbocycles. The first-order valence-electron chi connectivity index (χ1n) is 8.86. The van der Waals surface area contributed by atoms with Crippen LogP contribution in [0.1, 0.15) is 35.2 Å². The Morgan fingerprint density at radius 3 is 2.78 bits per heavy atom. The van der Waals surface area contributed by atoms with E-state index in [1.54, 1.807) is 23.5 Å². The highest BCUT2D eigenvalue weighted by Crippen LogP contribution is 2.56. The molecule has 8 heteroatoms. The van der Waals surface area contributed by atoms with Gasteiger partial charge in [0.25, 0.3) is 11.6 Å². The zero-order valence-electron chi connectivity index (χ0n) is 14.8. The summed E-state index contributed by atoms with van der Waals surface area (Å²) in [6.45, 7) is 2.55. The van der Waals surface area contributed by atoms with Crippen molar-refractivity contribution in [1.82, 2.24) is 10.2 Å². The highest BCUT2D eigenvalue weighted by Gasteiger charge is 2.57. The number of benzene rings is 1. The molecular weight excluding hydrogens is 386 g/mol. The van der Waals surface area contributed by atoms with Crippen LogP contribution in [0.2, 0.25) is 0 Å². The summed E-state index contributed by atoms with van der Waals surface area (Å²) in [4.78, 5) is 25.8. The van der Waals surface area contributed by atoms with E-state index in [9.17, 15) is 14.9 Å². The summed E-state index contributed by atoms with van der Waals surface area (Å²) in [5, 5.41) is 18.5. The van der Waals surface area contributed by atoms with E-state index in [2.05, 4.69) is 10.7 Å². The number of non-ortho nitro benzene ring substituents is 1. The van der Waals surface area contributed by atoms with Gasteiger partial charge in [0.1, 0.15) is 0 Å². The summed E-state index contributed by atoms with van der Waals surface area (Å²) in [5.74, 6) is -0.111. The Hall–Kier alpha value is -1.96. The van der Waals surface area contributed by atoms with Crippen LogP contribution in [0.5, 0.6) is 0 Å². The standard InChI is InChI=1S/C19H21N3O3S.ClH/c23-18(15-2-1-3-16(10-15)22(24)25)21(12-14-4-9-26-13-14)17-11-19(17)5-7-20-8-6-19;/h1-4,9-10,13,17,20H,5-8,11-12H2;1H. The summed E-state index contributed by atoms with van der Waals surface area (Å²) in [6.07, 6.45) is 3.19. The van der Waals surface area contributed by atoms with Crippen LogP contribution < -0.4 is 5.32 Å². The van der Waals surface area contributed by atoms with Crippen LogP contribution in [-0.2, 0) is 6.54 Å². The van der Waals surface area contributed by atoms with Crippen molar-refractivity contribution >= 4 is 35.3 Å². The first-order valence-corrected chi connectivity index (χ1v) is 9.81. The second-order valence-electron chi connectivity index (χ2n) is 7.20. The lowest BCUT2D eigenvalue weighted by Crippen LogP contribution is -2.39. The topological polar surface area (TPSA) is 75.5 Å². The van der Waals surface area contributed by atoms with Gasteiger partial charge >= 0.3 is 0 Å². The lowest BCUT2D eigenvalue weighted by atomic mass is 9.93. The number of nitrogens with zero attached hydrogens (tertiary/aromatic N) is 2. The zero-order valence-corrected chi connectivity index (χ0v) is 16.4. The number of nitro benzene ring substituents is 1. The molecule has 1 aliphatic heterocycles. The van der Waals surface area contributed by atoms with E-state index >= 15 is 0 Å². The van der Waals surface area contributed by atoms with E-state index < -0.39 is 4.92 Å². The van der Waals surface area contributed by atoms with E-state index in [1.165, 1.54) is 12.1 Å². The molecular formula is C19H22ClN3O3S. The van der Waals surface area contributed by atoms with Gasteiger partial charge in [-0.05, 0) is 66.2 Å². The molecule has 1 spiro atoms. The molecule has 1 aliphatic carbocycles. The summed E-state index contributed by atoms with van der Waals surface area (Å²) in [6, 6.07) is 8.33. The number of amides is 1. The molecule has 0 bridgehead atoms. The molecule has 1 saturated carbocycles. The average molecular weight is 408 g/mol. The Morgan fingerprint density at radius 2 is 2.11 bits per heavy atom. The number of nitrogens with one attached hydrogen (secondary N) is 1. The number of hydrogen-bond donors (Lipinski definition) is 1. The minimum Gasteiger partial charge on any atom is -0.331 e. The number of thiophene rings is 1. The van der Waals surface area contributed by atoms with Crippen LogP contribution in [0.25, 0.3) is 0 Å². The SMILES string of the molecule is Cl.O=C(c1cccc([N+](=O)[O-])c1)N(Cc1ccsc1)C1CC12CCNCC2. The number of halogens is 1. The molecule has 0 radical (unpaired) electrons. The van der Waals surface area contributed by atoms with Gasteiger partial charge < -0.3 is 10.2 Å². The Kier molecular flexibility index (Phi) is 5.83. The summed E-state index contributed by atoms with van der Waals surface area (Å²) in [7, 11) is 0. The second-order valence-corrected chi connectivity index (χ2v) is 7.98. The summed E-state index contributed by atoms with van der Waals surface area (Å²) in [5.41, 5.74) is 1.69. The number of nitro groups is 1. The van der Waals surface area contributed by atoms with Crippen molar-refractivity contribution in [2.75, 3.05) is 13.1 Å². The van der Waals surface area contributed by atoms with Crippen molar-refractivity contribution in [1.29, 1.82) is 0 Å². The van der Waals surface area contributed by atoms with Crippen LogP contribution in [0, 0.1) is 15.5 Å². The Bertz CT molecular complexity index is 821. The third-order valence-electron chi connectivity index (χ3n) is 5.62. The third-order valence-corrected chi connectivity index (χ3v) is 6.35. The molecule has 1 N–H and O–H groups in total. The van der Waals surface area contributed by atoms with Crippen molar-refractivity contribution in [2.24, 2.45) is 5.41 Å². The zero-order chi connectivity index (χ0) is 18.1. The van der Waals surface area contributed by atoms with Crippen molar-refractivity contribution in [3.8, 4) is 0 Å². The molecule has 1 aromatic heterocycles. The fourth-order valence-corrected chi connectivity index (χ4v) is 4.71. The van der Waals surface area contributed by atoms with Crippen molar-refractivity contribution < 1.29 is 9.72 Å². The Morgan fingerprint density at radius 1 is 1.33 bits per heavy atom. The summed E-state index contributed by atoms with van der Waals surface area (Å²) < 4.78 is 0. The van der Waals surface area contributed by atoms with Crippen molar-refractivity contribution in [3.63, 3.8) is 0 Å². The van der Waals surface area contributed by atoms with E-state index in [0.717, 1.165) is 37.9 Å². The highest BCUT2D eigenvalue weighted by atomic mass is 35.5. The van der Waals surface area contributed by atoms with Crippen molar-refractivity contribution in [2.45, 2.75) is 31.8 Å². The van der Waals surface area contributed by atoms with E-state index in [-0.39, 0.29) is 35.5 Å². The quantitative estimate of drug-likeness (QED) is 0.603. The van der Waals surface area contributed by atoms with Crippen molar-refractivity contribution in [3.05, 3.63) is 62.3 Å². The smallest absolute Gasteiger partial charge is 0.270 e. The maximum Gasteiger partial charge on any atom is 0.270 e. The fraction of sp³-hybridized carbons (Fsp3) is 0.421. The normalized spacial score (nSPS) is 19.9. The molecule has 1 amide bonds. The van der Waals surface area contributed by atoms with Crippen LogP contribution in [-0.4, -0.2) is 34.9 Å². The minimum atomic E-state index is -0.453. The molecule has 6 nitrogen and oxygen atoms in total. The van der Waals surface area contributed by atoms with Gasteiger partial charge in [-0.15, -0.1) is 12.4 Å². The van der Waals surface area contributed by atoms with Gasteiger partial charge in [0.15, 0.2) is 0 Å². The van der Waals surface area contributed by atoms with Gasteiger partial charge in [-0.1, -0.05) is 6.07 Å². The van der Waals surface area contributed by atoms with Gasteiger partial charge in [-0.25, -0.2) is 0 Å². The molecule has 1 atom stereocenters. The molecule has 2 aromatic rings. The highest BCUT2D eigenvalue weighted by molar-refractivity contribution is 7.07. The maximum atomic E-state index is 13.2. The van der Waals surface area contributed by atoms with Gasteiger partial charge in [0, 0.05) is 30.3 Å². The molecule has 2 fully saturated rings. The first-order chi connectivity index (χ1) is 12.6. The molecule has 4 rings (SSSR count). The number of carbonyl (C=O) groups excluding carboxylic acids is 1. The van der Waals surface area contributed by atoms with E-state index in [0.29, 0.717) is 12.1 Å². The Labute approximate surface area is 168 Å². The van der Waals surface area contributed by atoms with E-state index in [1.807, 2.05) is 16.3 Å². The molecule has 1 unspecified atom stereocenters. The largest absolute Gasteiger partial charge is 0.331 e. The van der Waals surface area contributed by atoms with Gasteiger partial charge in [-0.2, -0.15) is 11.3 Å². The predicted molar refractivity (Wildman–Crippen MR) is 107 cm³/mol. The first kappa shape index (κ1) is 19.8. The number of rotatable bonds is 5. The number of carbonyl (C=O) groups is 1. The van der Waals surface area contributed by atoms with Crippen LogP contribution in [0.3, 0.4) is 0 Å². The lowest BCUT2D eigenvalue weighted by Gasteiger charge is -2.29. The average Bonchev–Trinajstić information content (AvgIpc) is 3.08. The van der Waals surface area contributed by atoms with Crippen LogP contribution in [0.15, 0.2) is 41.1 Å². The van der Waals surface area contributed by atoms with Gasteiger partial charge in [-0.3, -0.25) is 14.9 Å².